The van der Waals surface area contributed by atoms with Gasteiger partial charge in [0.2, 0.25) is 5.91 Å². The molecule has 1 amide bonds. The van der Waals surface area contributed by atoms with E-state index in [2.05, 4.69) is 17.1 Å². The molecule has 0 saturated heterocycles. The molecule has 140 valence electrons. The van der Waals surface area contributed by atoms with Crippen molar-refractivity contribution in [2.24, 2.45) is 5.92 Å². The number of aryl methyl sites for hydroxylation is 2. The fourth-order valence-corrected chi connectivity index (χ4v) is 4.82. The Bertz CT molecular complexity index is 1040. The molecule has 1 aliphatic heterocycles. The first-order chi connectivity index (χ1) is 13.0. The first-order valence-corrected chi connectivity index (χ1v) is 10.2. The number of carbonyl (C=O) groups is 1. The smallest absolute Gasteiger partial charge is 0.262 e. The zero-order valence-electron chi connectivity index (χ0n) is 15.6. The van der Waals surface area contributed by atoms with E-state index < -0.39 is 0 Å². The van der Waals surface area contributed by atoms with Gasteiger partial charge in [-0.2, -0.15) is 0 Å². The molecule has 0 unspecified atom stereocenters. The molecule has 3 heterocycles. The van der Waals surface area contributed by atoms with E-state index >= 15 is 0 Å². The van der Waals surface area contributed by atoms with Crippen molar-refractivity contribution in [2.75, 3.05) is 6.54 Å². The maximum Gasteiger partial charge on any atom is 0.262 e. The molecule has 0 N–H and O–H groups in total. The summed E-state index contributed by atoms with van der Waals surface area (Å²) in [5.41, 5.74) is 2.34. The van der Waals surface area contributed by atoms with Crippen molar-refractivity contribution in [1.82, 2.24) is 14.5 Å². The van der Waals surface area contributed by atoms with Gasteiger partial charge in [0.25, 0.3) is 5.56 Å². The Hall–Kier alpha value is -2.47. The van der Waals surface area contributed by atoms with E-state index in [1.165, 1.54) is 5.56 Å². The fraction of sp³-hybridized carbons (Fsp3) is 0.381. The summed E-state index contributed by atoms with van der Waals surface area (Å²) < 4.78 is 1.72. The van der Waals surface area contributed by atoms with Gasteiger partial charge in [-0.15, -0.1) is 11.3 Å². The number of hydrogen-bond acceptors (Lipinski definition) is 4. The van der Waals surface area contributed by atoms with Crippen LogP contribution in [0.5, 0.6) is 0 Å². The number of benzene rings is 1. The second kappa shape index (κ2) is 7.27. The number of aromatic nitrogens is 2. The maximum absolute atomic E-state index is 13.1. The molecule has 3 aromatic rings. The number of thiophene rings is 1. The van der Waals surface area contributed by atoms with E-state index in [1.807, 2.05) is 36.9 Å². The van der Waals surface area contributed by atoms with Gasteiger partial charge in [-0.05, 0) is 24.0 Å². The number of carbonyl (C=O) groups excluding carboxylic acids is 1. The van der Waals surface area contributed by atoms with Crippen LogP contribution >= 0.6 is 11.3 Å². The largest absolute Gasteiger partial charge is 0.337 e. The lowest BCUT2D eigenvalue weighted by molar-refractivity contribution is -0.135. The molecule has 0 atom stereocenters. The van der Waals surface area contributed by atoms with Crippen LogP contribution in [0.3, 0.4) is 0 Å². The predicted molar refractivity (Wildman–Crippen MR) is 108 cm³/mol. The van der Waals surface area contributed by atoms with Crippen LogP contribution in [0.15, 0.2) is 41.5 Å². The molecule has 0 fully saturated rings. The van der Waals surface area contributed by atoms with E-state index in [1.54, 1.807) is 22.2 Å². The third-order valence-electron chi connectivity index (χ3n) is 5.12. The van der Waals surface area contributed by atoms with Crippen molar-refractivity contribution < 1.29 is 4.79 Å². The molecule has 0 saturated carbocycles. The van der Waals surface area contributed by atoms with Crippen molar-refractivity contribution >= 4 is 27.5 Å². The average Bonchev–Trinajstić information content (AvgIpc) is 3.06. The first-order valence-electron chi connectivity index (χ1n) is 9.37. The second-order valence-corrected chi connectivity index (χ2v) is 8.41. The van der Waals surface area contributed by atoms with Crippen molar-refractivity contribution in [3.8, 4) is 0 Å². The van der Waals surface area contributed by atoms with E-state index in [0.29, 0.717) is 19.6 Å². The highest BCUT2D eigenvalue weighted by molar-refractivity contribution is 7.18. The molecule has 1 aliphatic rings. The van der Waals surface area contributed by atoms with Crippen LogP contribution < -0.4 is 5.56 Å². The molecule has 0 radical (unpaired) electrons. The molecule has 0 aliphatic carbocycles. The van der Waals surface area contributed by atoms with E-state index in [9.17, 15) is 9.59 Å². The summed E-state index contributed by atoms with van der Waals surface area (Å²) in [6, 6.07) is 10.2. The summed E-state index contributed by atoms with van der Waals surface area (Å²) in [5, 5.41) is 0.752. The van der Waals surface area contributed by atoms with Crippen molar-refractivity contribution in [1.29, 1.82) is 0 Å². The van der Waals surface area contributed by atoms with E-state index in [-0.39, 0.29) is 17.4 Å². The highest BCUT2D eigenvalue weighted by Crippen LogP contribution is 2.32. The normalized spacial score (nSPS) is 14.0. The minimum Gasteiger partial charge on any atom is -0.337 e. The lowest BCUT2D eigenvalue weighted by Crippen LogP contribution is -2.38. The van der Waals surface area contributed by atoms with Crippen LogP contribution in [-0.4, -0.2) is 26.9 Å². The van der Waals surface area contributed by atoms with Gasteiger partial charge in [0, 0.05) is 23.9 Å². The Balaban J connectivity index is 1.63. The molecule has 4 rings (SSSR count). The third kappa shape index (κ3) is 3.41. The summed E-state index contributed by atoms with van der Waals surface area (Å²) >= 11 is 1.55. The van der Waals surface area contributed by atoms with Gasteiger partial charge in [-0.25, -0.2) is 4.98 Å². The van der Waals surface area contributed by atoms with Crippen LogP contribution in [-0.2, 0) is 30.7 Å². The van der Waals surface area contributed by atoms with Gasteiger partial charge in [0.05, 0.1) is 18.3 Å². The summed E-state index contributed by atoms with van der Waals surface area (Å²) in [7, 11) is 0. The number of hydrogen-bond donors (Lipinski definition) is 0. The molecule has 1 aromatic carbocycles. The van der Waals surface area contributed by atoms with Crippen LogP contribution in [0.2, 0.25) is 0 Å². The Morgan fingerprint density at radius 1 is 1.26 bits per heavy atom. The van der Waals surface area contributed by atoms with Gasteiger partial charge >= 0.3 is 0 Å². The summed E-state index contributed by atoms with van der Waals surface area (Å²) in [6.07, 6.45) is 3.19. The Labute approximate surface area is 162 Å². The molecule has 0 bridgehead atoms. The highest BCUT2D eigenvalue weighted by atomic mass is 32.1. The number of fused-ring (bicyclic) bond motifs is 3. The standard InChI is InChI=1S/C21H23N3O2S/c1-14(2)20(25)23-11-9-16-17(12-23)27-19-18(16)21(26)24(13-22-19)10-8-15-6-4-3-5-7-15/h3-7,13-14H,8-12H2,1-2H3. The van der Waals surface area contributed by atoms with Crippen LogP contribution in [0.25, 0.3) is 10.2 Å². The van der Waals surface area contributed by atoms with Gasteiger partial charge < -0.3 is 4.90 Å². The van der Waals surface area contributed by atoms with Crippen LogP contribution in [0.4, 0.5) is 0 Å². The monoisotopic (exact) mass is 381 g/mol. The molecule has 5 nitrogen and oxygen atoms in total. The molecule has 2 aromatic heterocycles. The third-order valence-corrected chi connectivity index (χ3v) is 6.24. The van der Waals surface area contributed by atoms with Crippen molar-refractivity contribution in [3.05, 3.63) is 63.0 Å². The second-order valence-electron chi connectivity index (χ2n) is 7.33. The lowest BCUT2D eigenvalue weighted by atomic mass is 10.0. The molecule has 6 heteroatoms. The van der Waals surface area contributed by atoms with Gasteiger partial charge in [0.1, 0.15) is 4.83 Å². The fourth-order valence-electron chi connectivity index (χ4n) is 3.63. The number of rotatable bonds is 4. The van der Waals surface area contributed by atoms with Gasteiger partial charge in [0.15, 0.2) is 0 Å². The Kier molecular flexibility index (Phi) is 4.83. The zero-order chi connectivity index (χ0) is 19.0. The van der Waals surface area contributed by atoms with Gasteiger partial charge in [-0.1, -0.05) is 44.2 Å². The Morgan fingerprint density at radius 2 is 2.04 bits per heavy atom. The van der Waals surface area contributed by atoms with Gasteiger partial charge in [-0.3, -0.25) is 14.2 Å². The topological polar surface area (TPSA) is 55.2 Å². The highest BCUT2D eigenvalue weighted by Gasteiger charge is 2.27. The lowest BCUT2D eigenvalue weighted by Gasteiger charge is -2.28. The molecular weight excluding hydrogens is 358 g/mol. The molecular formula is C21H23N3O2S. The number of nitrogens with zero attached hydrogens (tertiary/aromatic N) is 3. The first kappa shape index (κ1) is 17.9. The summed E-state index contributed by atoms with van der Waals surface area (Å²) in [6.45, 7) is 5.74. The zero-order valence-corrected chi connectivity index (χ0v) is 16.5. The van der Waals surface area contributed by atoms with Crippen molar-refractivity contribution in [3.63, 3.8) is 0 Å². The van der Waals surface area contributed by atoms with Crippen LogP contribution in [0, 0.1) is 5.92 Å². The summed E-state index contributed by atoms with van der Waals surface area (Å²) in [5.74, 6) is 0.167. The average molecular weight is 382 g/mol. The van der Waals surface area contributed by atoms with Crippen LogP contribution in [0.1, 0.15) is 29.9 Å². The summed E-state index contributed by atoms with van der Waals surface area (Å²) in [4.78, 5) is 33.7. The number of amides is 1. The Morgan fingerprint density at radius 3 is 2.78 bits per heavy atom. The minimum absolute atomic E-state index is 0.00531. The van der Waals surface area contributed by atoms with Crippen molar-refractivity contribution in [2.45, 2.75) is 39.8 Å². The molecule has 27 heavy (non-hydrogen) atoms. The van der Waals surface area contributed by atoms with E-state index in [4.69, 9.17) is 0 Å². The quantitative estimate of drug-likeness (QED) is 0.697. The minimum atomic E-state index is -0.00531. The van der Waals surface area contributed by atoms with E-state index in [0.717, 1.165) is 33.5 Å². The maximum atomic E-state index is 13.1. The SMILES string of the molecule is CC(C)C(=O)N1CCc2c(sc3ncn(CCc4ccccc4)c(=O)c23)C1. The molecule has 0 spiro atoms. The predicted octanol–water partition coefficient (Wildman–Crippen LogP) is 3.24.